The van der Waals surface area contributed by atoms with Gasteiger partial charge in [0, 0.05) is 12.7 Å². The van der Waals surface area contributed by atoms with Crippen LogP contribution >= 0.6 is 0 Å². The number of nitrogens with zero attached hydrogens (tertiary/aromatic N) is 2. The lowest BCUT2D eigenvalue weighted by Crippen LogP contribution is -2.25. The van der Waals surface area contributed by atoms with Crippen LogP contribution in [0.4, 0.5) is 8.78 Å². The molecule has 1 aromatic heterocycles. The molecule has 0 unspecified atom stereocenters. The summed E-state index contributed by atoms with van der Waals surface area (Å²) in [5.74, 6) is -3.01. The van der Waals surface area contributed by atoms with Crippen molar-refractivity contribution in [2.75, 3.05) is 6.54 Å². The van der Waals surface area contributed by atoms with Crippen LogP contribution in [-0.2, 0) is 13.0 Å². The highest BCUT2D eigenvalue weighted by atomic mass is 19.3. The smallest absolute Gasteiger partial charge is 0.303 e. The molecule has 12 heavy (non-hydrogen) atoms. The molecule has 68 valence electrons. The Hall–Kier alpha value is -0.970. The zero-order valence-corrected chi connectivity index (χ0v) is 7.01. The van der Waals surface area contributed by atoms with E-state index in [9.17, 15) is 8.78 Å². The average Bonchev–Trinajstić information content (AvgIpc) is 2.33. The van der Waals surface area contributed by atoms with Crippen LogP contribution in [-0.4, -0.2) is 16.3 Å². The molecule has 5 heteroatoms. The third-order valence-electron chi connectivity index (χ3n) is 1.74. The molecule has 2 N–H and O–H groups in total. The maximum absolute atomic E-state index is 12.9. The van der Waals surface area contributed by atoms with Crippen LogP contribution in [0.15, 0.2) is 6.07 Å². The molecular weight excluding hydrogens is 164 g/mol. The Morgan fingerprint density at radius 3 is 2.58 bits per heavy atom. The number of hydrogen-bond acceptors (Lipinski definition) is 2. The molecule has 0 amide bonds. The highest BCUT2D eigenvalue weighted by Crippen LogP contribution is 2.25. The fourth-order valence-corrected chi connectivity index (χ4v) is 0.844. The lowest BCUT2D eigenvalue weighted by atomic mass is 10.2. The van der Waals surface area contributed by atoms with Gasteiger partial charge in [0.2, 0.25) is 0 Å². The maximum atomic E-state index is 12.9. The van der Waals surface area contributed by atoms with Gasteiger partial charge in [0.25, 0.3) is 0 Å². The van der Waals surface area contributed by atoms with Crippen LogP contribution in [0, 0.1) is 6.92 Å². The molecule has 0 radical (unpaired) electrons. The van der Waals surface area contributed by atoms with E-state index in [4.69, 9.17) is 5.73 Å². The van der Waals surface area contributed by atoms with Crippen molar-refractivity contribution in [3.8, 4) is 0 Å². The number of aryl methyl sites for hydroxylation is 2. The first-order valence-electron chi connectivity index (χ1n) is 3.56. The monoisotopic (exact) mass is 175 g/mol. The summed E-state index contributed by atoms with van der Waals surface area (Å²) in [6.07, 6.45) is 0. The molecule has 0 fully saturated rings. The second-order valence-corrected chi connectivity index (χ2v) is 2.70. The van der Waals surface area contributed by atoms with E-state index in [1.807, 2.05) is 0 Å². The maximum Gasteiger partial charge on any atom is 0.303 e. The van der Waals surface area contributed by atoms with Gasteiger partial charge in [-0.3, -0.25) is 4.68 Å². The van der Waals surface area contributed by atoms with E-state index in [1.54, 1.807) is 14.0 Å². The van der Waals surface area contributed by atoms with Gasteiger partial charge in [-0.25, -0.2) is 0 Å². The minimum Gasteiger partial charge on any atom is -0.325 e. The first-order chi connectivity index (χ1) is 5.47. The molecule has 1 heterocycles. The molecule has 0 aromatic carbocycles. The lowest BCUT2D eigenvalue weighted by molar-refractivity contribution is 0.000861. The third kappa shape index (κ3) is 1.45. The van der Waals surface area contributed by atoms with E-state index in [-0.39, 0.29) is 5.69 Å². The van der Waals surface area contributed by atoms with E-state index in [0.29, 0.717) is 5.69 Å². The number of alkyl halides is 2. The Kier molecular flexibility index (Phi) is 2.14. The van der Waals surface area contributed by atoms with E-state index >= 15 is 0 Å². The molecule has 0 saturated carbocycles. The van der Waals surface area contributed by atoms with Gasteiger partial charge in [0.1, 0.15) is 5.69 Å². The Morgan fingerprint density at radius 1 is 1.67 bits per heavy atom. The van der Waals surface area contributed by atoms with Crippen molar-refractivity contribution in [2.45, 2.75) is 12.8 Å². The van der Waals surface area contributed by atoms with Crippen LogP contribution in [0.2, 0.25) is 0 Å². The van der Waals surface area contributed by atoms with Crippen molar-refractivity contribution in [3.63, 3.8) is 0 Å². The summed E-state index contributed by atoms with van der Waals surface area (Å²) in [5, 5.41) is 3.64. The number of halogens is 2. The van der Waals surface area contributed by atoms with Gasteiger partial charge < -0.3 is 5.73 Å². The van der Waals surface area contributed by atoms with Gasteiger partial charge in [-0.1, -0.05) is 0 Å². The molecular formula is C7H11F2N3. The largest absolute Gasteiger partial charge is 0.325 e. The molecule has 1 aromatic rings. The van der Waals surface area contributed by atoms with Gasteiger partial charge in [-0.15, -0.1) is 0 Å². The summed E-state index contributed by atoms with van der Waals surface area (Å²) in [4.78, 5) is 0. The quantitative estimate of drug-likeness (QED) is 0.721. The van der Waals surface area contributed by atoms with Gasteiger partial charge >= 0.3 is 5.92 Å². The highest BCUT2D eigenvalue weighted by molar-refractivity contribution is 5.13. The van der Waals surface area contributed by atoms with E-state index in [1.165, 1.54) is 10.7 Å². The van der Waals surface area contributed by atoms with Crippen LogP contribution in [0.3, 0.4) is 0 Å². The Morgan fingerprint density at radius 2 is 2.25 bits per heavy atom. The van der Waals surface area contributed by atoms with Crippen LogP contribution in [0.25, 0.3) is 0 Å². The number of nitrogens with two attached hydrogens (primary N) is 1. The normalized spacial score (nSPS) is 12.1. The van der Waals surface area contributed by atoms with Gasteiger partial charge in [-0.05, 0) is 13.0 Å². The highest BCUT2D eigenvalue weighted by Gasteiger charge is 2.32. The van der Waals surface area contributed by atoms with Crippen LogP contribution < -0.4 is 5.73 Å². The van der Waals surface area contributed by atoms with Crippen LogP contribution in [0.1, 0.15) is 11.4 Å². The van der Waals surface area contributed by atoms with Gasteiger partial charge in [0.15, 0.2) is 0 Å². The minimum absolute atomic E-state index is 0.259. The Bertz CT molecular complexity index is 261. The van der Waals surface area contributed by atoms with E-state index in [2.05, 4.69) is 5.10 Å². The average molecular weight is 175 g/mol. The van der Waals surface area contributed by atoms with E-state index in [0.717, 1.165) is 0 Å². The Labute approximate surface area is 69.2 Å². The molecule has 1 rings (SSSR count). The molecule has 0 aliphatic rings. The molecule has 0 aliphatic carbocycles. The summed E-state index contributed by atoms with van der Waals surface area (Å²) in [7, 11) is 1.62. The molecule has 3 nitrogen and oxygen atoms in total. The van der Waals surface area contributed by atoms with Crippen molar-refractivity contribution in [2.24, 2.45) is 12.8 Å². The number of aromatic nitrogens is 2. The second kappa shape index (κ2) is 2.82. The molecule has 0 saturated heterocycles. The summed E-state index contributed by atoms with van der Waals surface area (Å²) in [6.45, 7) is 1.01. The second-order valence-electron chi connectivity index (χ2n) is 2.70. The summed E-state index contributed by atoms with van der Waals surface area (Å²) in [5.41, 5.74) is 5.33. The van der Waals surface area contributed by atoms with Crippen molar-refractivity contribution >= 4 is 0 Å². The fourth-order valence-electron chi connectivity index (χ4n) is 0.844. The lowest BCUT2D eigenvalue weighted by Gasteiger charge is -2.09. The van der Waals surface area contributed by atoms with Crippen molar-refractivity contribution in [3.05, 3.63) is 17.5 Å². The third-order valence-corrected chi connectivity index (χ3v) is 1.74. The first kappa shape index (κ1) is 9.12. The molecule has 0 bridgehead atoms. The SMILES string of the molecule is Cc1cc(C(F)(F)CN)nn1C. The zero-order chi connectivity index (χ0) is 9.35. The van der Waals surface area contributed by atoms with Crippen molar-refractivity contribution in [1.29, 1.82) is 0 Å². The molecule has 0 aliphatic heterocycles. The number of rotatable bonds is 2. The summed E-state index contributed by atoms with van der Waals surface area (Å²) in [6, 6.07) is 1.34. The summed E-state index contributed by atoms with van der Waals surface area (Å²) >= 11 is 0. The first-order valence-corrected chi connectivity index (χ1v) is 3.56. The Balaban J connectivity index is 3.04. The minimum atomic E-state index is -3.01. The standard InChI is InChI=1S/C7H11F2N3/c1-5-3-6(11-12(5)2)7(8,9)4-10/h3H,4,10H2,1-2H3. The predicted molar refractivity (Wildman–Crippen MR) is 40.9 cm³/mol. The van der Waals surface area contributed by atoms with E-state index < -0.39 is 12.5 Å². The van der Waals surface area contributed by atoms with Gasteiger partial charge in [-0.2, -0.15) is 13.9 Å². The van der Waals surface area contributed by atoms with Crippen molar-refractivity contribution < 1.29 is 8.78 Å². The van der Waals surface area contributed by atoms with Crippen LogP contribution in [0.5, 0.6) is 0 Å². The topological polar surface area (TPSA) is 43.8 Å². The molecule has 0 atom stereocenters. The summed E-state index contributed by atoms with van der Waals surface area (Å²) < 4.78 is 27.2. The fraction of sp³-hybridized carbons (Fsp3) is 0.571. The molecule has 0 spiro atoms. The predicted octanol–water partition coefficient (Wildman–Crippen LogP) is 0.779. The van der Waals surface area contributed by atoms with Crippen molar-refractivity contribution in [1.82, 2.24) is 9.78 Å². The van der Waals surface area contributed by atoms with Gasteiger partial charge in [0.05, 0.1) is 6.54 Å². The zero-order valence-electron chi connectivity index (χ0n) is 7.01. The number of hydrogen-bond donors (Lipinski definition) is 1.